The molecule has 1 aliphatic heterocycles. The molecule has 26 heavy (non-hydrogen) atoms. The first kappa shape index (κ1) is 18.7. The Morgan fingerprint density at radius 2 is 2.04 bits per heavy atom. The van der Waals surface area contributed by atoms with Crippen LogP contribution in [0.2, 0.25) is 0 Å². The molecule has 1 saturated carbocycles. The van der Waals surface area contributed by atoms with E-state index in [1.54, 1.807) is 6.07 Å². The summed E-state index contributed by atoms with van der Waals surface area (Å²) in [6.07, 6.45) is -3.51. The number of ether oxygens (including phenoxy) is 1. The van der Waals surface area contributed by atoms with Crippen LogP contribution >= 0.6 is 0 Å². The van der Waals surface area contributed by atoms with E-state index in [1.807, 2.05) is 0 Å². The Bertz CT molecular complexity index is 700. The molecule has 0 spiro atoms. The standard InChI is InChI=1S/C18H20F3NO4/c19-18(20,21)13-4-1-3-12(9-13)17(5-2-6-17)16(25)22-7-8-26-14(11-22)10-15(23)24/h1,3-4,9,14H,2,5-8,10-11H2,(H,23,24)/t14-/m1/s1. The molecule has 5 nitrogen and oxygen atoms in total. The molecule has 2 fully saturated rings. The fourth-order valence-corrected chi connectivity index (χ4v) is 3.67. The number of carbonyl (C=O) groups is 2. The number of aliphatic carboxylic acids is 1. The Morgan fingerprint density at radius 3 is 2.62 bits per heavy atom. The molecule has 2 aliphatic rings. The van der Waals surface area contributed by atoms with Crippen LogP contribution in [0.15, 0.2) is 24.3 Å². The van der Waals surface area contributed by atoms with Gasteiger partial charge < -0.3 is 14.7 Å². The van der Waals surface area contributed by atoms with Gasteiger partial charge in [0.15, 0.2) is 0 Å². The fraction of sp³-hybridized carbons (Fsp3) is 0.556. The lowest BCUT2D eigenvalue weighted by Gasteiger charge is -2.46. The van der Waals surface area contributed by atoms with Gasteiger partial charge in [0.25, 0.3) is 0 Å². The first-order chi connectivity index (χ1) is 12.2. The number of amides is 1. The molecule has 1 amide bonds. The lowest BCUT2D eigenvalue weighted by atomic mass is 9.63. The summed E-state index contributed by atoms with van der Waals surface area (Å²) in [4.78, 5) is 25.5. The van der Waals surface area contributed by atoms with E-state index < -0.39 is 29.2 Å². The van der Waals surface area contributed by atoms with Crippen LogP contribution in [-0.4, -0.2) is 47.7 Å². The molecule has 0 aromatic heterocycles. The quantitative estimate of drug-likeness (QED) is 0.884. The van der Waals surface area contributed by atoms with Gasteiger partial charge in [-0.2, -0.15) is 13.2 Å². The van der Waals surface area contributed by atoms with Crippen LogP contribution in [0.5, 0.6) is 0 Å². The van der Waals surface area contributed by atoms with Gasteiger partial charge in [0.1, 0.15) is 0 Å². The molecule has 8 heteroatoms. The number of hydrogen-bond donors (Lipinski definition) is 1. The van der Waals surface area contributed by atoms with Crippen molar-refractivity contribution in [3.63, 3.8) is 0 Å². The van der Waals surface area contributed by atoms with Crippen LogP contribution in [0.3, 0.4) is 0 Å². The van der Waals surface area contributed by atoms with E-state index in [1.165, 1.54) is 11.0 Å². The molecule has 1 aliphatic carbocycles. The zero-order valence-corrected chi connectivity index (χ0v) is 14.1. The van der Waals surface area contributed by atoms with Gasteiger partial charge >= 0.3 is 12.1 Å². The summed E-state index contributed by atoms with van der Waals surface area (Å²) in [6, 6.07) is 4.96. The highest BCUT2D eigenvalue weighted by Crippen LogP contribution is 2.46. The number of rotatable bonds is 4. The van der Waals surface area contributed by atoms with Gasteiger partial charge in [0, 0.05) is 13.1 Å². The zero-order valence-electron chi connectivity index (χ0n) is 14.1. The Morgan fingerprint density at radius 1 is 1.31 bits per heavy atom. The highest BCUT2D eigenvalue weighted by Gasteiger charge is 2.49. The highest BCUT2D eigenvalue weighted by atomic mass is 19.4. The Hall–Kier alpha value is -2.09. The zero-order chi connectivity index (χ0) is 18.9. The second-order valence-corrected chi connectivity index (χ2v) is 6.86. The van der Waals surface area contributed by atoms with Crippen LogP contribution in [0.1, 0.15) is 36.8 Å². The van der Waals surface area contributed by atoms with Gasteiger partial charge in [0.2, 0.25) is 5.91 Å². The number of benzene rings is 1. The fourth-order valence-electron chi connectivity index (χ4n) is 3.67. The van der Waals surface area contributed by atoms with Crippen LogP contribution in [0, 0.1) is 0 Å². The molecule has 0 unspecified atom stereocenters. The molecule has 3 rings (SSSR count). The summed E-state index contributed by atoms with van der Waals surface area (Å²) in [5.74, 6) is -1.25. The van der Waals surface area contributed by atoms with E-state index in [9.17, 15) is 22.8 Å². The average Bonchev–Trinajstić information content (AvgIpc) is 2.53. The molecule has 1 aromatic carbocycles. The van der Waals surface area contributed by atoms with Crippen molar-refractivity contribution in [2.45, 2.75) is 43.4 Å². The number of alkyl halides is 3. The Kier molecular flexibility index (Phi) is 4.96. The molecular weight excluding hydrogens is 351 g/mol. The average molecular weight is 371 g/mol. The van der Waals surface area contributed by atoms with Crippen molar-refractivity contribution in [1.82, 2.24) is 4.90 Å². The maximum absolute atomic E-state index is 13.1. The van der Waals surface area contributed by atoms with Crippen LogP contribution in [0.4, 0.5) is 13.2 Å². The molecule has 1 N–H and O–H groups in total. The second kappa shape index (κ2) is 6.90. The minimum atomic E-state index is -4.46. The first-order valence-electron chi connectivity index (χ1n) is 8.53. The summed E-state index contributed by atoms with van der Waals surface area (Å²) in [5, 5.41) is 8.90. The normalized spacial score (nSPS) is 22.6. The number of carbonyl (C=O) groups excluding carboxylic acids is 1. The Balaban J connectivity index is 1.83. The minimum Gasteiger partial charge on any atom is -0.481 e. The van der Waals surface area contributed by atoms with E-state index in [4.69, 9.17) is 9.84 Å². The lowest BCUT2D eigenvalue weighted by Crippen LogP contribution is -2.56. The summed E-state index contributed by atoms with van der Waals surface area (Å²) in [5.41, 5.74) is -1.34. The van der Waals surface area contributed by atoms with Crippen molar-refractivity contribution in [1.29, 1.82) is 0 Å². The van der Waals surface area contributed by atoms with Gasteiger partial charge in [-0.15, -0.1) is 0 Å². The number of nitrogens with zero attached hydrogens (tertiary/aromatic N) is 1. The van der Waals surface area contributed by atoms with Gasteiger partial charge in [-0.1, -0.05) is 24.6 Å². The first-order valence-corrected chi connectivity index (χ1v) is 8.53. The van der Waals surface area contributed by atoms with E-state index in [0.717, 1.165) is 18.6 Å². The van der Waals surface area contributed by atoms with Gasteiger partial charge in [0.05, 0.1) is 30.1 Å². The monoisotopic (exact) mass is 371 g/mol. The summed E-state index contributed by atoms with van der Waals surface area (Å²) in [7, 11) is 0. The third kappa shape index (κ3) is 3.56. The van der Waals surface area contributed by atoms with Gasteiger partial charge in [-0.3, -0.25) is 9.59 Å². The van der Waals surface area contributed by atoms with Crippen LogP contribution in [-0.2, 0) is 25.9 Å². The van der Waals surface area contributed by atoms with E-state index >= 15 is 0 Å². The van der Waals surface area contributed by atoms with Crippen molar-refractivity contribution in [2.75, 3.05) is 19.7 Å². The topological polar surface area (TPSA) is 66.8 Å². The molecule has 0 radical (unpaired) electrons. The molecule has 142 valence electrons. The van der Waals surface area contributed by atoms with Gasteiger partial charge in [-0.25, -0.2) is 0 Å². The van der Waals surface area contributed by atoms with E-state index in [0.29, 0.717) is 24.9 Å². The SMILES string of the molecule is O=C(O)C[C@@H]1CN(C(=O)C2(c3cccc(C(F)(F)F)c3)CCC2)CCO1. The minimum absolute atomic E-state index is 0.145. The third-order valence-corrected chi connectivity index (χ3v) is 5.19. The predicted octanol–water partition coefficient (Wildman–Crippen LogP) is 2.83. The summed E-state index contributed by atoms with van der Waals surface area (Å²) in [6.45, 7) is 0.684. The highest BCUT2D eigenvalue weighted by molar-refractivity contribution is 5.89. The largest absolute Gasteiger partial charge is 0.481 e. The van der Waals surface area contributed by atoms with E-state index in [2.05, 4.69) is 0 Å². The number of hydrogen-bond acceptors (Lipinski definition) is 3. The van der Waals surface area contributed by atoms with Crippen molar-refractivity contribution in [2.24, 2.45) is 0 Å². The predicted molar refractivity (Wildman–Crippen MR) is 85.5 cm³/mol. The van der Waals surface area contributed by atoms with Crippen LogP contribution < -0.4 is 0 Å². The number of morpholine rings is 1. The molecule has 1 aromatic rings. The third-order valence-electron chi connectivity index (χ3n) is 5.19. The summed E-state index contributed by atoms with van der Waals surface area (Å²) >= 11 is 0. The van der Waals surface area contributed by atoms with Gasteiger partial charge in [-0.05, 0) is 24.5 Å². The summed E-state index contributed by atoms with van der Waals surface area (Å²) < 4.78 is 44.5. The van der Waals surface area contributed by atoms with Crippen molar-refractivity contribution >= 4 is 11.9 Å². The maximum Gasteiger partial charge on any atom is 0.416 e. The maximum atomic E-state index is 13.1. The van der Waals surface area contributed by atoms with Crippen molar-refractivity contribution < 1.29 is 32.6 Å². The van der Waals surface area contributed by atoms with Crippen LogP contribution in [0.25, 0.3) is 0 Å². The lowest BCUT2D eigenvalue weighted by molar-refractivity contribution is -0.153. The second-order valence-electron chi connectivity index (χ2n) is 6.86. The number of carboxylic acids is 1. The van der Waals surface area contributed by atoms with Crippen molar-refractivity contribution in [3.05, 3.63) is 35.4 Å². The molecule has 1 heterocycles. The Labute approximate surface area is 148 Å². The molecule has 1 saturated heterocycles. The number of carboxylic acid groups (broad SMARTS) is 1. The van der Waals surface area contributed by atoms with E-state index in [-0.39, 0.29) is 25.5 Å². The number of halogens is 3. The van der Waals surface area contributed by atoms with Crippen molar-refractivity contribution in [3.8, 4) is 0 Å². The smallest absolute Gasteiger partial charge is 0.416 e. The molecule has 1 atom stereocenters. The molecular formula is C18H20F3NO4. The molecule has 0 bridgehead atoms.